The van der Waals surface area contributed by atoms with Crippen molar-refractivity contribution in [1.82, 2.24) is 14.6 Å². The van der Waals surface area contributed by atoms with E-state index in [4.69, 9.17) is 5.11 Å². The van der Waals surface area contributed by atoms with Crippen molar-refractivity contribution in [1.29, 1.82) is 0 Å². The minimum atomic E-state index is -0.819. The van der Waals surface area contributed by atoms with E-state index in [-0.39, 0.29) is 6.42 Å². The first kappa shape index (κ1) is 9.64. The van der Waals surface area contributed by atoms with Gasteiger partial charge < -0.3 is 5.11 Å². The molecule has 0 aliphatic carbocycles. The van der Waals surface area contributed by atoms with Crippen LogP contribution in [0.25, 0.3) is 5.65 Å². The first-order chi connectivity index (χ1) is 7.18. The van der Waals surface area contributed by atoms with Gasteiger partial charge in [-0.15, -0.1) is 10.2 Å². The Bertz CT molecular complexity index is 504. The molecular weight excluding hydrogens is 194 g/mol. The second kappa shape index (κ2) is 3.68. The number of aryl methyl sites for hydroxylation is 2. The zero-order valence-electron chi connectivity index (χ0n) is 8.34. The van der Waals surface area contributed by atoms with Gasteiger partial charge in [0.1, 0.15) is 5.82 Å². The standard InChI is InChI=1S/C10H11N3O2/c1-7-3-2-4-8-11-12-9(13(7)8)5-6-10(14)15/h2-4H,5-6H2,1H3,(H,14,15). The number of hydrogen-bond donors (Lipinski definition) is 1. The van der Waals surface area contributed by atoms with Crippen molar-refractivity contribution in [2.45, 2.75) is 19.8 Å². The van der Waals surface area contributed by atoms with Crippen LogP contribution in [-0.2, 0) is 11.2 Å². The SMILES string of the molecule is Cc1cccc2nnc(CCC(=O)O)n12. The Morgan fingerprint density at radius 3 is 3.00 bits per heavy atom. The number of carboxylic acid groups (broad SMARTS) is 1. The van der Waals surface area contributed by atoms with Gasteiger partial charge in [0.15, 0.2) is 5.65 Å². The van der Waals surface area contributed by atoms with E-state index in [0.717, 1.165) is 11.3 Å². The van der Waals surface area contributed by atoms with Crippen LogP contribution in [0.1, 0.15) is 17.9 Å². The summed E-state index contributed by atoms with van der Waals surface area (Å²) in [5.74, 6) is -0.120. The second-order valence-corrected chi connectivity index (χ2v) is 3.37. The molecule has 0 aliphatic heterocycles. The van der Waals surface area contributed by atoms with E-state index in [9.17, 15) is 4.79 Å². The zero-order valence-corrected chi connectivity index (χ0v) is 8.34. The lowest BCUT2D eigenvalue weighted by molar-refractivity contribution is -0.137. The number of aliphatic carboxylic acids is 1. The minimum absolute atomic E-state index is 0.0785. The molecule has 0 aromatic carbocycles. The third-order valence-electron chi connectivity index (χ3n) is 2.25. The van der Waals surface area contributed by atoms with Gasteiger partial charge in [-0.2, -0.15) is 0 Å². The highest BCUT2D eigenvalue weighted by Crippen LogP contribution is 2.09. The van der Waals surface area contributed by atoms with Crippen molar-refractivity contribution in [2.75, 3.05) is 0 Å². The molecule has 0 atom stereocenters. The largest absolute Gasteiger partial charge is 0.481 e. The molecule has 2 aromatic heterocycles. The number of carboxylic acids is 1. The molecular formula is C10H11N3O2. The van der Waals surface area contributed by atoms with Gasteiger partial charge in [0.05, 0.1) is 6.42 Å². The maximum Gasteiger partial charge on any atom is 0.303 e. The number of aromatic nitrogens is 3. The monoisotopic (exact) mass is 205 g/mol. The maximum absolute atomic E-state index is 10.5. The Morgan fingerprint density at radius 1 is 1.47 bits per heavy atom. The molecule has 0 bridgehead atoms. The third kappa shape index (κ3) is 1.81. The topological polar surface area (TPSA) is 67.5 Å². The molecule has 5 nitrogen and oxygen atoms in total. The highest BCUT2D eigenvalue weighted by Gasteiger charge is 2.08. The molecule has 78 valence electrons. The molecule has 5 heteroatoms. The molecule has 0 spiro atoms. The minimum Gasteiger partial charge on any atom is -0.481 e. The van der Waals surface area contributed by atoms with Crippen molar-refractivity contribution in [3.05, 3.63) is 29.7 Å². The van der Waals surface area contributed by atoms with Crippen LogP contribution in [0, 0.1) is 6.92 Å². The van der Waals surface area contributed by atoms with Crippen LogP contribution < -0.4 is 0 Å². The van der Waals surface area contributed by atoms with Crippen molar-refractivity contribution in [2.24, 2.45) is 0 Å². The van der Waals surface area contributed by atoms with Crippen LogP contribution in [0.3, 0.4) is 0 Å². The lowest BCUT2D eigenvalue weighted by Crippen LogP contribution is -2.03. The number of pyridine rings is 1. The predicted octanol–water partition coefficient (Wildman–Crippen LogP) is 1.05. The molecule has 0 aliphatic rings. The Balaban J connectivity index is 2.39. The molecule has 0 saturated heterocycles. The molecule has 2 rings (SSSR count). The van der Waals surface area contributed by atoms with Gasteiger partial charge in [-0.1, -0.05) is 6.07 Å². The first-order valence-corrected chi connectivity index (χ1v) is 4.70. The van der Waals surface area contributed by atoms with E-state index in [2.05, 4.69) is 10.2 Å². The highest BCUT2D eigenvalue weighted by atomic mass is 16.4. The Morgan fingerprint density at radius 2 is 2.27 bits per heavy atom. The summed E-state index contributed by atoms with van der Waals surface area (Å²) in [6.07, 6.45) is 0.483. The average Bonchev–Trinajstić information content (AvgIpc) is 2.59. The fourth-order valence-corrected chi connectivity index (χ4v) is 1.55. The van der Waals surface area contributed by atoms with Crippen molar-refractivity contribution in [3.8, 4) is 0 Å². The van der Waals surface area contributed by atoms with E-state index >= 15 is 0 Å². The summed E-state index contributed by atoms with van der Waals surface area (Å²) in [6.45, 7) is 1.95. The summed E-state index contributed by atoms with van der Waals surface area (Å²) < 4.78 is 1.88. The summed E-state index contributed by atoms with van der Waals surface area (Å²) in [4.78, 5) is 10.5. The molecule has 15 heavy (non-hydrogen) atoms. The summed E-state index contributed by atoms with van der Waals surface area (Å²) >= 11 is 0. The fourth-order valence-electron chi connectivity index (χ4n) is 1.55. The van der Waals surface area contributed by atoms with Gasteiger partial charge in [0.25, 0.3) is 0 Å². The number of nitrogens with zero attached hydrogens (tertiary/aromatic N) is 3. The van der Waals surface area contributed by atoms with Crippen LogP contribution in [0.5, 0.6) is 0 Å². The third-order valence-corrected chi connectivity index (χ3v) is 2.25. The zero-order chi connectivity index (χ0) is 10.8. The van der Waals surface area contributed by atoms with Gasteiger partial charge in [0.2, 0.25) is 0 Å². The Hall–Kier alpha value is -1.91. The van der Waals surface area contributed by atoms with Gasteiger partial charge in [-0.3, -0.25) is 9.20 Å². The number of rotatable bonds is 3. The normalized spacial score (nSPS) is 10.7. The quantitative estimate of drug-likeness (QED) is 0.813. The van der Waals surface area contributed by atoms with Crippen LogP contribution in [0.15, 0.2) is 18.2 Å². The molecule has 1 N–H and O–H groups in total. The van der Waals surface area contributed by atoms with Gasteiger partial charge in [-0.05, 0) is 19.1 Å². The van der Waals surface area contributed by atoms with Gasteiger partial charge in [-0.25, -0.2) is 0 Å². The van der Waals surface area contributed by atoms with Crippen LogP contribution in [0.4, 0.5) is 0 Å². The summed E-state index contributed by atoms with van der Waals surface area (Å²) in [7, 11) is 0. The van der Waals surface area contributed by atoms with E-state index in [0.29, 0.717) is 12.2 Å². The maximum atomic E-state index is 10.5. The van der Waals surface area contributed by atoms with Gasteiger partial charge >= 0.3 is 5.97 Å². The number of hydrogen-bond acceptors (Lipinski definition) is 3. The molecule has 0 saturated carbocycles. The number of carbonyl (C=O) groups is 1. The Kier molecular flexibility index (Phi) is 2.37. The summed E-state index contributed by atoms with van der Waals surface area (Å²) in [5, 5.41) is 16.6. The molecule has 2 heterocycles. The van der Waals surface area contributed by atoms with Crippen molar-refractivity contribution >= 4 is 11.6 Å². The molecule has 0 radical (unpaired) electrons. The van der Waals surface area contributed by atoms with Crippen molar-refractivity contribution in [3.63, 3.8) is 0 Å². The molecule has 2 aromatic rings. The van der Waals surface area contributed by atoms with E-state index in [1.807, 2.05) is 29.5 Å². The second-order valence-electron chi connectivity index (χ2n) is 3.37. The lowest BCUT2D eigenvalue weighted by Gasteiger charge is -2.01. The summed E-state index contributed by atoms with van der Waals surface area (Å²) in [6, 6.07) is 5.70. The predicted molar refractivity (Wildman–Crippen MR) is 53.7 cm³/mol. The first-order valence-electron chi connectivity index (χ1n) is 4.70. The van der Waals surface area contributed by atoms with Crippen LogP contribution >= 0.6 is 0 Å². The van der Waals surface area contributed by atoms with Crippen molar-refractivity contribution < 1.29 is 9.90 Å². The van der Waals surface area contributed by atoms with E-state index in [1.165, 1.54) is 0 Å². The van der Waals surface area contributed by atoms with Crippen LogP contribution in [0.2, 0.25) is 0 Å². The van der Waals surface area contributed by atoms with E-state index < -0.39 is 5.97 Å². The average molecular weight is 205 g/mol. The van der Waals surface area contributed by atoms with E-state index in [1.54, 1.807) is 0 Å². The highest BCUT2D eigenvalue weighted by molar-refractivity contribution is 5.66. The molecule has 0 amide bonds. The number of fused-ring (bicyclic) bond motifs is 1. The van der Waals surface area contributed by atoms with Crippen LogP contribution in [-0.4, -0.2) is 25.7 Å². The smallest absolute Gasteiger partial charge is 0.303 e. The van der Waals surface area contributed by atoms with Gasteiger partial charge in [0, 0.05) is 12.1 Å². The lowest BCUT2D eigenvalue weighted by atomic mass is 10.3. The molecule has 0 unspecified atom stereocenters. The summed E-state index contributed by atoms with van der Waals surface area (Å²) in [5.41, 5.74) is 1.77. The molecule has 0 fully saturated rings. The Labute approximate surface area is 86.4 Å². The fraction of sp³-hybridized carbons (Fsp3) is 0.300.